The van der Waals surface area contributed by atoms with E-state index >= 15 is 0 Å². The van der Waals surface area contributed by atoms with Crippen molar-refractivity contribution in [2.24, 2.45) is 0 Å². The molecule has 2 aromatic carbocycles. The number of aldehydes is 1. The maximum atomic E-state index is 13.9. The number of carbonyl (C=O) groups is 2. The average Bonchev–Trinajstić information content (AvgIpc) is 2.47. The molecule has 0 aliphatic carbocycles. The first-order valence-corrected chi connectivity index (χ1v) is 6.29. The molecule has 0 aliphatic heterocycles. The molecule has 0 atom stereocenters. The molecule has 0 aromatic heterocycles. The third kappa shape index (κ3) is 2.91. The molecule has 0 saturated heterocycles. The summed E-state index contributed by atoms with van der Waals surface area (Å²) in [7, 11) is 0. The minimum atomic E-state index is -0.562. The lowest BCUT2D eigenvalue weighted by atomic mass is 10.0. The number of amides is 1. The van der Waals surface area contributed by atoms with Crippen LogP contribution in [0.4, 0.5) is 4.39 Å². The van der Waals surface area contributed by atoms with E-state index in [1.54, 1.807) is 37.3 Å². The summed E-state index contributed by atoms with van der Waals surface area (Å²) >= 11 is 0. The normalized spacial score (nSPS) is 10.1. The van der Waals surface area contributed by atoms with Crippen molar-refractivity contribution < 1.29 is 14.0 Å². The Kier molecular flexibility index (Phi) is 4.25. The predicted octanol–water partition coefficient (Wildman–Crippen LogP) is 3.05. The van der Waals surface area contributed by atoms with E-state index in [0.29, 0.717) is 17.7 Å². The second-order valence-electron chi connectivity index (χ2n) is 4.29. The maximum absolute atomic E-state index is 13.9. The molecule has 2 rings (SSSR count). The molecule has 0 heterocycles. The SMILES string of the molecule is CCNC(=O)c1ccc(-c2ccc(C=O)cc2)cc1F. The van der Waals surface area contributed by atoms with Crippen LogP contribution in [0.25, 0.3) is 11.1 Å². The number of halogens is 1. The molecule has 0 bridgehead atoms. The van der Waals surface area contributed by atoms with Crippen molar-refractivity contribution in [3.63, 3.8) is 0 Å². The Morgan fingerprint density at radius 3 is 2.35 bits per heavy atom. The monoisotopic (exact) mass is 271 g/mol. The average molecular weight is 271 g/mol. The predicted molar refractivity (Wildman–Crippen MR) is 75.2 cm³/mol. The van der Waals surface area contributed by atoms with Crippen molar-refractivity contribution in [1.29, 1.82) is 0 Å². The molecule has 0 spiro atoms. The summed E-state index contributed by atoms with van der Waals surface area (Å²) in [5.74, 6) is -0.985. The van der Waals surface area contributed by atoms with Crippen molar-refractivity contribution in [1.82, 2.24) is 5.32 Å². The minimum Gasteiger partial charge on any atom is -0.352 e. The van der Waals surface area contributed by atoms with Gasteiger partial charge in [0, 0.05) is 12.1 Å². The number of benzene rings is 2. The molecule has 0 unspecified atom stereocenters. The summed E-state index contributed by atoms with van der Waals surface area (Å²) in [6.45, 7) is 2.23. The highest BCUT2D eigenvalue weighted by atomic mass is 19.1. The molecule has 1 N–H and O–H groups in total. The van der Waals surface area contributed by atoms with Gasteiger partial charge in [0.1, 0.15) is 12.1 Å². The lowest BCUT2D eigenvalue weighted by Gasteiger charge is -2.07. The Hall–Kier alpha value is -2.49. The van der Waals surface area contributed by atoms with Crippen LogP contribution in [-0.4, -0.2) is 18.7 Å². The van der Waals surface area contributed by atoms with Gasteiger partial charge in [-0.2, -0.15) is 0 Å². The fourth-order valence-corrected chi connectivity index (χ4v) is 1.89. The highest BCUT2D eigenvalue weighted by Crippen LogP contribution is 2.22. The Morgan fingerprint density at radius 2 is 1.80 bits per heavy atom. The van der Waals surface area contributed by atoms with E-state index in [2.05, 4.69) is 5.32 Å². The second kappa shape index (κ2) is 6.10. The zero-order valence-electron chi connectivity index (χ0n) is 11.0. The van der Waals surface area contributed by atoms with Gasteiger partial charge in [-0.1, -0.05) is 30.3 Å². The van der Waals surface area contributed by atoms with E-state index in [-0.39, 0.29) is 5.56 Å². The maximum Gasteiger partial charge on any atom is 0.254 e. The Labute approximate surface area is 116 Å². The highest BCUT2D eigenvalue weighted by Gasteiger charge is 2.11. The van der Waals surface area contributed by atoms with E-state index in [0.717, 1.165) is 11.8 Å². The Balaban J connectivity index is 2.32. The van der Waals surface area contributed by atoms with Crippen LogP contribution in [0.1, 0.15) is 27.6 Å². The van der Waals surface area contributed by atoms with E-state index in [9.17, 15) is 14.0 Å². The van der Waals surface area contributed by atoms with Gasteiger partial charge in [-0.25, -0.2) is 4.39 Å². The summed E-state index contributed by atoms with van der Waals surface area (Å²) in [4.78, 5) is 22.2. The molecule has 0 aliphatic rings. The van der Waals surface area contributed by atoms with Gasteiger partial charge < -0.3 is 5.32 Å². The highest BCUT2D eigenvalue weighted by molar-refractivity contribution is 5.95. The van der Waals surface area contributed by atoms with Crippen LogP contribution in [0.5, 0.6) is 0 Å². The van der Waals surface area contributed by atoms with Crippen molar-refractivity contribution in [2.45, 2.75) is 6.92 Å². The van der Waals surface area contributed by atoms with Gasteiger partial charge in [-0.3, -0.25) is 9.59 Å². The Morgan fingerprint density at radius 1 is 1.15 bits per heavy atom. The van der Waals surface area contributed by atoms with Crippen LogP contribution in [0.3, 0.4) is 0 Å². The summed E-state index contributed by atoms with van der Waals surface area (Å²) in [6, 6.07) is 11.3. The molecular weight excluding hydrogens is 257 g/mol. The summed E-state index contributed by atoms with van der Waals surface area (Å²) in [5.41, 5.74) is 2.04. The number of rotatable bonds is 4. The molecule has 3 nitrogen and oxygen atoms in total. The zero-order chi connectivity index (χ0) is 14.5. The lowest BCUT2D eigenvalue weighted by molar-refractivity contribution is 0.0951. The quantitative estimate of drug-likeness (QED) is 0.869. The lowest BCUT2D eigenvalue weighted by Crippen LogP contribution is -2.23. The van der Waals surface area contributed by atoms with Crippen LogP contribution >= 0.6 is 0 Å². The molecule has 1 amide bonds. The summed E-state index contributed by atoms with van der Waals surface area (Å²) in [5, 5.41) is 2.56. The van der Waals surface area contributed by atoms with E-state index in [1.165, 1.54) is 12.1 Å². The van der Waals surface area contributed by atoms with E-state index in [1.807, 2.05) is 0 Å². The van der Waals surface area contributed by atoms with Crippen LogP contribution in [0, 0.1) is 5.82 Å². The first kappa shape index (κ1) is 13.9. The van der Waals surface area contributed by atoms with Crippen LogP contribution < -0.4 is 5.32 Å². The van der Waals surface area contributed by atoms with Gasteiger partial charge in [0.2, 0.25) is 0 Å². The third-order valence-electron chi connectivity index (χ3n) is 2.93. The van der Waals surface area contributed by atoms with Gasteiger partial charge in [0.25, 0.3) is 5.91 Å². The minimum absolute atomic E-state index is 0.0279. The third-order valence-corrected chi connectivity index (χ3v) is 2.93. The summed E-state index contributed by atoms with van der Waals surface area (Å²) in [6.07, 6.45) is 0.753. The van der Waals surface area contributed by atoms with Gasteiger partial charge in [0.05, 0.1) is 5.56 Å². The molecule has 2 aromatic rings. The number of nitrogens with one attached hydrogen (secondary N) is 1. The van der Waals surface area contributed by atoms with Crippen LogP contribution in [0.15, 0.2) is 42.5 Å². The van der Waals surface area contributed by atoms with Crippen LogP contribution in [-0.2, 0) is 0 Å². The topological polar surface area (TPSA) is 46.2 Å². The molecule has 102 valence electrons. The van der Waals surface area contributed by atoms with Crippen molar-refractivity contribution in [3.05, 3.63) is 59.4 Å². The van der Waals surface area contributed by atoms with Crippen LogP contribution in [0.2, 0.25) is 0 Å². The standard InChI is InChI=1S/C16H14FNO2/c1-2-18-16(20)14-8-7-13(9-15(14)17)12-5-3-11(10-19)4-6-12/h3-10H,2H2,1H3,(H,18,20). The largest absolute Gasteiger partial charge is 0.352 e. The zero-order valence-corrected chi connectivity index (χ0v) is 11.0. The second-order valence-corrected chi connectivity index (χ2v) is 4.29. The molecule has 4 heteroatoms. The molecule has 0 radical (unpaired) electrons. The first-order chi connectivity index (χ1) is 9.65. The van der Waals surface area contributed by atoms with Crippen molar-refractivity contribution in [3.8, 4) is 11.1 Å². The van der Waals surface area contributed by atoms with Gasteiger partial charge in [0.15, 0.2) is 0 Å². The first-order valence-electron chi connectivity index (χ1n) is 6.29. The van der Waals surface area contributed by atoms with Gasteiger partial charge in [-0.15, -0.1) is 0 Å². The van der Waals surface area contributed by atoms with Crippen molar-refractivity contribution >= 4 is 12.2 Å². The molecule has 20 heavy (non-hydrogen) atoms. The molecule has 0 fully saturated rings. The fraction of sp³-hybridized carbons (Fsp3) is 0.125. The number of carbonyl (C=O) groups excluding carboxylic acids is 2. The van der Waals surface area contributed by atoms with Gasteiger partial charge in [-0.05, 0) is 30.2 Å². The summed E-state index contributed by atoms with van der Waals surface area (Å²) < 4.78 is 13.9. The number of hydrogen-bond donors (Lipinski definition) is 1. The van der Waals surface area contributed by atoms with Crippen molar-refractivity contribution in [2.75, 3.05) is 6.54 Å². The molecular formula is C16H14FNO2. The number of hydrogen-bond acceptors (Lipinski definition) is 2. The van der Waals surface area contributed by atoms with E-state index < -0.39 is 11.7 Å². The molecule has 0 saturated carbocycles. The smallest absolute Gasteiger partial charge is 0.254 e. The van der Waals surface area contributed by atoms with E-state index in [4.69, 9.17) is 0 Å². The fourth-order valence-electron chi connectivity index (χ4n) is 1.89. The Bertz CT molecular complexity index is 635. The van der Waals surface area contributed by atoms with Gasteiger partial charge >= 0.3 is 0 Å².